The number of carbonyl (C=O) groups is 1. The smallest absolute Gasteiger partial charge is 0.283 e. The van der Waals surface area contributed by atoms with Crippen molar-refractivity contribution in [2.45, 2.75) is 19.3 Å². The summed E-state index contributed by atoms with van der Waals surface area (Å²) in [6.07, 6.45) is 5.68. The molecule has 146 valence electrons. The topological polar surface area (TPSA) is 106 Å². The predicted molar refractivity (Wildman–Crippen MR) is 114 cm³/mol. The molecule has 2 N–H and O–H groups in total. The second kappa shape index (κ2) is 6.93. The van der Waals surface area contributed by atoms with Gasteiger partial charge in [0.05, 0.1) is 17.7 Å². The second-order valence-corrected chi connectivity index (χ2v) is 8.09. The molecule has 1 fully saturated rings. The largest absolute Gasteiger partial charge is 0.383 e. The zero-order valence-electron chi connectivity index (χ0n) is 15.5. The number of amides is 1. The highest BCUT2D eigenvalue weighted by molar-refractivity contribution is 7.16. The first-order valence-corrected chi connectivity index (χ1v) is 10.2. The number of para-hydroxylation sites is 1. The molecule has 1 saturated heterocycles. The molecule has 0 aliphatic carbocycles. The Labute approximate surface area is 170 Å². The van der Waals surface area contributed by atoms with Gasteiger partial charge in [0, 0.05) is 30.4 Å². The lowest BCUT2D eigenvalue weighted by molar-refractivity contribution is -0.129. The average molecular weight is 406 g/mol. The molecular weight excluding hydrogens is 388 g/mol. The van der Waals surface area contributed by atoms with Crippen LogP contribution in [0.25, 0.3) is 16.6 Å². The van der Waals surface area contributed by atoms with E-state index in [1.54, 1.807) is 12.3 Å². The molecule has 2 aromatic heterocycles. The van der Waals surface area contributed by atoms with Gasteiger partial charge in [0.15, 0.2) is 0 Å². The van der Waals surface area contributed by atoms with Crippen LogP contribution in [-0.2, 0) is 11.2 Å². The molecule has 9 heteroatoms. The van der Waals surface area contributed by atoms with Crippen LogP contribution in [0.15, 0.2) is 34.1 Å². The molecule has 0 bridgehead atoms. The summed E-state index contributed by atoms with van der Waals surface area (Å²) >= 11 is 1.22. The van der Waals surface area contributed by atoms with Crippen LogP contribution in [0.4, 0.5) is 11.5 Å². The first-order chi connectivity index (χ1) is 14.1. The van der Waals surface area contributed by atoms with E-state index in [1.165, 1.54) is 15.9 Å². The van der Waals surface area contributed by atoms with Gasteiger partial charge in [0.2, 0.25) is 10.9 Å². The summed E-state index contributed by atoms with van der Waals surface area (Å²) in [5.74, 6) is 0.255. The van der Waals surface area contributed by atoms with Crippen LogP contribution in [0.3, 0.4) is 0 Å². The second-order valence-electron chi connectivity index (χ2n) is 7.05. The minimum Gasteiger partial charge on any atom is -0.383 e. The predicted octanol–water partition coefficient (Wildman–Crippen LogP) is 2.15. The lowest BCUT2D eigenvalue weighted by atomic mass is 10.1. The number of nitrogens with two attached hydrogens (primary N) is 1. The SMILES string of the molecule is Nc1c(/C=C2\C=Nc3ccccc32)c(=O)nc2sc(CC(=O)N3CCCC3)nn12. The van der Waals surface area contributed by atoms with Crippen LogP contribution in [0.2, 0.25) is 0 Å². The number of anilines is 1. The van der Waals surface area contributed by atoms with E-state index in [9.17, 15) is 9.59 Å². The lowest BCUT2D eigenvalue weighted by Gasteiger charge is -2.13. The van der Waals surface area contributed by atoms with Gasteiger partial charge in [-0.1, -0.05) is 29.5 Å². The van der Waals surface area contributed by atoms with Crippen molar-refractivity contribution in [3.8, 4) is 0 Å². The van der Waals surface area contributed by atoms with Crippen LogP contribution in [0.5, 0.6) is 0 Å². The fourth-order valence-electron chi connectivity index (χ4n) is 3.65. The fraction of sp³-hybridized carbons (Fsp3) is 0.250. The maximum absolute atomic E-state index is 12.6. The number of hydrogen-bond acceptors (Lipinski definition) is 7. The number of nitrogens with zero attached hydrogens (tertiary/aromatic N) is 5. The molecular formula is C20H18N6O2S. The average Bonchev–Trinajstić information content (AvgIpc) is 3.45. The number of fused-ring (bicyclic) bond motifs is 2. The van der Waals surface area contributed by atoms with Crippen molar-refractivity contribution < 1.29 is 4.79 Å². The van der Waals surface area contributed by atoms with Gasteiger partial charge in [-0.25, -0.2) is 0 Å². The maximum atomic E-state index is 12.6. The van der Waals surface area contributed by atoms with Gasteiger partial charge >= 0.3 is 0 Å². The summed E-state index contributed by atoms with van der Waals surface area (Å²) < 4.78 is 1.45. The molecule has 1 amide bonds. The van der Waals surface area contributed by atoms with Crippen molar-refractivity contribution >= 4 is 51.6 Å². The molecule has 3 aromatic rings. The van der Waals surface area contributed by atoms with Crippen molar-refractivity contribution in [1.82, 2.24) is 19.5 Å². The number of nitrogen functional groups attached to an aromatic ring is 1. The quantitative estimate of drug-likeness (QED) is 0.717. The van der Waals surface area contributed by atoms with E-state index in [1.807, 2.05) is 29.2 Å². The number of benzene rings is 1. The molecule has 2 aliphatic heterocycles. The van der Waals surface area contributed by atoms with Crippen LogP contribution in [-0.4, -0.2) is 44.7 Å². The Kier molecular flexibility index (Phi) is 4.24. The first kappa shape index (κ1) is 17.7. The van der Waals surface area contributed by atoms with Crippen molar-refractivity contribution in [1.29, 1.82) is 0 Å². The fourth-order valence-corrected chi connectivity index (χ4v) is 4.53. The summed E-state index contributed by atoms with van der Waals surface area (Å²) in [6.45, 7) is 1.59. The summed E-state index contributed by atoms with van der Waals surface area (Å²) in [5.41, 5.74) is 8.70. The maximum Gasteiger partial charge on any atom is 0.283 e. The highest BCUT2D eigenvalue weighted by atomic mass is 32.1. The van der Waals surface area contributed by atoms with Gasteiger partial charge < -0.3 is 10.6 Å². The number of likely N-dealkylation sites (tertiary alicyclic amines) is 1. The van der Waals surface area contributed by atoms with Crippen LogP contribution in [0.1, 0.15) is 29.0 Å². The third kappa shape index (κ3) is 3.13. The van der Waals surface area contributed by atoms with Crippen molar-refractivity contribution in [2.24, 2.45) is 4.99 Å². The third-order valence-corrected chi connectivity index (χ3v) is 6.06. The molecule has 1 aromatic carbocycles. The van der Waals surface area contributed by atoms with Gasteiger partial charge in [-0.05, 0) is 25.0 Å². The Morgan fingerprint density at radius 2 is 2.03 bits per heavy atom. The summed E-state index contributed by atoms with van der Waals surface area (Å²) in [4.78, 5) is 35.7. The third-order valence-electron chi connectivity index (χ3n) is 5.15. The van der Waals surface area contributed by atoms with Crippen LogP contribution < -0.4 is 11.3 Å². The molecule has 5 rings (SSSR count). The Bertz CT molecular complexity index is 1250. The minimum absolute atomic E-state index is 0.0455. The summed E-state index contributed by atoms with van der Waals surface area (Å²) in [5, 5.41) is 5.04. The van der Waals surface area contributed by atoms with E-state index in [2.05, 4.69) is 15.1 Å². The molecule has 0 saturated carbocycles. The summed E-state index contributed by atoms with van der Waals surface area (Å²) in [7, 11) is 0. The normalized spacial score (nSPS) is 16.8. The van der Waals surface area contributed by atoms with Gasteiger partial charge in [0.25, 0.3) is 5.56 Å². The van der Waals surface area contributed by atoms with Gasteiger partial charge in [0.1, 0.15) is 10.8 Å². The molecule has 0 spiro atoms. The van der Waals surface area contributed by atoms with Gasteiger partial charge in [-0.3, -0.25) is 14.6 Å². The van der Waals surface area contributed by atoms with E-state index in [0.717, 1.165) is 42.8 Å². The van der Waals surface area contributed by atoms with Crippen LogP contribution in [0, 0.1) is 0 Å². The van der Waals surface area contributed by atoms with E-state index < -0.39 is 5.56 Å². The molecule has 8 nitrogen and oxygen atoms in total. The number of allylic oxidation sites excluding steroid dienone is 1. The molecule has 0 unspecified atom stereocenters. The lowest BCUT2D eigenvalue weighted by Crippen LogP contribution is -2.29. The Hall–Kier alpha value is -3.33. The molecule has 29 heavy (non-hydrogen) atoms. The molecule has 0 atom stereocenters. The van der Waals surface area contributed by atoms with E-state index in [-0.39, 0.29) is 23.7 Å². The van der Waals surface area contributed by atoms with Crippen molar-refractivity contribution in [3.63, 3.8) is 0 Å². The highest BCUT2D eigenvalue weighted by Crippen LogP contribution is 2.32. The van der Waals surface area contributed by atoms with Crippen molar-refractivity contribution in [3.05, 3.63) is 50.8 Å². The number of hydrogen-bond donors (Lipinski definition) is 1. The van der Waals surface area contributed by atoms with Gasteiger partial charge in [-0.15, -0.1) is 0 Å². The standard InChI is InChI=1S/C20H18N6O2S/c21-18-14(9-12-11-22-15-6-2-1-5-13(12)15)19(28)23-20-26(18)24-16(29-20)10-17(27)25-7-3-4-8-25/h1-2,5-6,9,11H,3-4,7-8,10,21H2/b12-9+. The highest BCUT2D eigenvalue weighted by Gasteiger charge is 2.21. The Morgan fingerprint density at radius 3 is 2.86 bits per heavy atom. The van der Waals surface area contributed by atoms with Crippen molar-refractivity contribution in [2.75, 3.05) is 18.8 Å². The zero-order valence-corrected chi connectivity index (χ0v) is 16.4. The minimum atomic E-state index is -0.422. The van der Waals surface area contributed by atoms with E-state index in [0.29, 0.717) is 9.97 Å². The van der Waals surface area contributed by atoms with E-state index in [4.69, 9.17) is 5.73 Å². The Balaban J connectivity index is 1.51. The molecule has 2 aliphatic rings. The number of aromatic nitrogens is 3. The van der Waals surface area contributed by atoms with Crippen LogP contribution >= 0.6 is 11.3 Å². The molecule has 4 heterocycles. The van der Waals surface area contributed by atoms with E-state index >= 15 is 0 Å². The summed E-state index contributed by atoms with van der Waals surface area (Å²) in [6, 6.07) is 7.69. The monoisotopic (exact) mass is 406 g/mol. The molecule has 0 radical (unpaired) electrons. The number of aliphatic imine (C=N–C) groups is 1. The number of carbonyl (C=O) groups excluding carboxylic acids is 1. The zero-order chi connectivity index (χ0) is 20.0. The van der Waals surface area contributed by atoms with Gasteiger partial charge in [-0.2, -0.15) is 14.6 Å². The Morgan fingerprint density at radius 1 is 1.24 bits per heavy atom. The first-order valence-electron chi connectivity index (χ1n) is 9.41. The number of rotatable bonds is 3.